The molecule has 0 spiro atoms. The first kappa shape index (κ1) is 9.70. The fraction of sp³-hybridized carbons (Fsp3) is 0.625. The molecule has 2 amide bonds. The van der Waals surface area contributed by atoms with Crippen LogP contribution in [0.4, 0.5) is 0 Å². The lowest BCUT2D eigenvalue weighted by molar-refractivity contribution is -0.154. The van der Waals surface area contributed by atoms with Crippen LogP contribution in [0.1, 0.15) is 20.3 Å². The standard InChI is InChI=1S/C8H11NO4/c1-3-9-7(11)4-6(8(9)12)13-5(2)10/h6H,3-4H2,1-2H3/t6-/m0/s1. The summed E-state index contributed by atoms with van der Waals surface area (Å²) in [5, 5.41) is 0. The van der Waals surface area contributed by atoms with Crippen molar-refractivity contribution in [2.24, 2.45) is 0 Å². The average molecular weight is 185 g/mol. The molecule has 1 heterocycles. The van der Waals surface area contributed by atoms with Gasteiger partial charge < -0.3 is 4.74 Å². The van der Waals surface area contributed by atoms with E-state index in [0.29, 0.717) is 6.54 Å². The molecule has 0 aromatic heterocycles. The van der Waals surface area contributed by atoms with Gasteiger partial charge in [-0.1, -0.05) is 0 Å². The molecular weight excluding hydrogens is 174 g/mol. The van der Waals surface area contributed by atoms with Gasteiger partial charge in [-0.05, 0) is 6.92 Å². The molecule has 5 heteroatoms. The van der Waals surface area contributed by atoms with Crippen molar-refractivity contribution in [3.63, 3.8) is 0 Å². The number of likely N-dealkylation sites (N-methyl/N-ethyl adjacent to an activating group) is 1. The lowest BCUT2D eigenvalue weighted by Crippen LogP contribution is -2.33. The highest BCUT2D eigenvalue weighted by Crippen LogP contribution is 2.15. The van der Waals surface area contributed by atoms with Crippen LogP contribution in [0.25, 0.3) is 0 Å². The zero-order valence-electron chi connectivity index (χ0n) is 7.57. The Hall–Kier alpha value is -1.39. The summed E-state index contributed by atoms with van der Waals surface area (Å²) >= 11 is 0. The van der Waals surface area contributed by atoms with Crippen molar-refractivity contribution in [1.29, 1.82) is 0 Å². The Morgan fingerprint density at radius 2 is 2.23 bits per heavy atom. The molecular formula is C8H11NO4. The fourth-order valence-corrected chi connectivity index (χ4v) is 1.28. The molecule has 1 fully saturated rings. The number of nitrogens with zero attached hydrogens (tertiary/aromatic N) is 1. The summed E-state index contributed by atoms with van der Waals surface area (Å²) < 4.78 is 4.67. The molecule has 72 valence electrons. The van der Waals surface area contributed by atoms with Crippen LogP contribution in [0, 0.1) is 0 Å². The smallest absolute Gasteiger partial charge is 0.303 e. The van der Waals surface area contributed by atoms with Crippen molar-refractivity contribution in [2.75, 3.05) is 6.54 Å². The second kappa shape index (κ2) is 3.55. The van der Waals surface area contributed by atoms with E-state index in [0.717, 1.165) is 4.90 Å². The maximum Gasteiger partial charge on any atom is 0.303 e. The predicted molar refractivity (Wildman–Crippen MR) is 42.6 cm³/mol. The van der Waals surface area contributed by atoms with Gasteiger partial charge in [-0.25, -0.2) is 0 Å². The molecule has 0 aromatic rings. The number of hydrogen-bond donors (Lipinski definition) is 0. The van der Waals surface area contributed by atoms with Crippen molar-refractivity contribution >= 4 is 17.8 Å². The molecule has 1 aliphatic rings. The van der Waals surface area contributed by atoms with E-state index in [1.165, 1.54) is 6.92 Å². The quantitative estimate of drug-likeness (QED) is 0.437. The highest BCUT2D eigenvalue weighted by atomic mass is 16.5. The molecule has 1 atom stereocenters. The lowest BCUT2D eigenvalue weighted by atomic mass is 10.3. The molecule has 0 unspecified atom stereocenters. The van der Waals surface area contributed by atoms with E-state index in [-0.39, 0.29) is 12.3 Å². The molecule has 0 bridgehead atoms. The molecule has 5 nitrogen and oxygen atoms in total. The molecule has 1 rings (SSSR count). The van der Waals surface area contributed by atoms with Gasteiger partial charge in [-0.2, -0.15) is 0 Å². The van der Waals surface area contributed by atoms with Crippen molar-refractivity contribution in [3.8, 4) is 0 Å². The highest BCUT2D eigenvalue weighted by Gasteiger charge is 2.39. The van der Waals surface area contributed by atoms with Gasteiger partial charge in [0, 0.05) is 13.5 Å². The summed E-state index contributed by atoms with van der Waals surface area (Å²) in [5.74, 6) is -1.23. The number of amides is 2. The molecule has 1 aliphatic heterocycles. The number of ether oxygens (including phenoxy) is 1. The van der Waals surface area contributed by atoms with Crippen LogP contribution in [-0.2, 0) is 19.1 Å². The fourth-order valence-electron chi connectivity index (χ4n) is 1.28. The Morgan fingerprint density at radius 3 is 2.62 bits per heavy atom. The molecule has 0 saturated carbocycles. The van der Waals surface area contributed by atoms with Gasteiger partial charge in [0.15, 0.2) is 6.10 Å². The van der Waals surface area contributed by atoms with Crippen LogP contribution in [0.5, 0.6) is 0 Å². The van der Waals surface area contributed by atoms with E-state index in [4.69, 9.17) is 0 Å². The van der Waals surface area contributed by atoms with E-state index in [1.807, 2.05) is 0 Å². The third-order valence-electron chi connectivity index (χ3n) is 1.83. The van der Waals surface area contributed by atoms with Gasteiger partial charge in [0.05, 0.1) is 6.42 Å². The maximum absolute atomic E-state index is 11.3. The van der Waals surface area contributed by atoms with Crippen molar-refractivity contribution in [1.82, 2.24) is 4.90 Å². The van der Waals surface area contributed by atoms with E-state index < -0.39 is 18.0 Å². The monoisotopic (exact) mass is 185 g/mol. The Kier molecular flexibility index (Phi) is 2.65. The minimum atomic E-state index is -0.898. The van der Waals surface area contributed by atoms with E-state index in [2.05, 4.69) is 4.74 Å². The third-order valence-corrected chi connectivity index (χ3v) is 1.83. The first-order chi connectivity index (χ1) is 6.06. The summed E-state index contributed by atoms with van der Waals surface area (Å²) in [6, 6.07) is 0. The average Bonchev–Trinajstić information content (AvgIpc) is 2.26. The summed E-state index contributed by atoms with van der Waals surface area (Å²) in [6.07, 6.45) is -0.920. The first-order valence-corrected chi connectivity index (χ1v) is 4.07. The van der Waals surface area contributed by atoms with Gasteiger partial charge >= 0.3 is 5.97 Å². The number of carbonyl (C=O) groups excluding carboxylic acids is 3. The minimum absolute atomic E-state index is 0.0216. The van der Waals surface area contributed by atoms with Gasteiger partial charge in [-0.15, -0.1) is 0 Å². The molecule has 0 aromatic carbocycles. The Balaban J connectivity index is 2.67. The molecule has 13 heavy (non-hydrogen) atoms. The lowest BCUT2D eigenvalue weighted by Gasteiger charge is -2.11. The Morgan fingerprint density at radius 1 is 1.62 bits per heavy atom. The maximum atomic E-state index is 11.3. The summed E-state index contributed by atoms with van der Waals surface area (Å²) in [7, 11) is 0. The minimum Gasteiger partial charge on any atom is -0.452 e. The number of esters is 1. The van der Waals surface area contributed by atoms with Gasteiger partial charge in [0.1, 0.15) is 0 Å². The van der Waals surface area contributed by atoms with Crippen molar-refractivity contribution in [2.45, 2.75) is 26.4 Å². The van der Waals surface area contributed by atoms with E-state index >= 15 is 0 Å². The number of imide groups is 1. The van der Waals surface area contributed by atoms with Crippen molar-refractivity contribution < 1.29 is 19.1 Å². The SMILES string of the molecule is CCN1C(=O)C[C@H](OC(C)=O)C1=O. The Bertz CT molecular complexity index is 261. The molecule has 0 aliphatic carbocycles. The first-order valence-electron chi connectivity index (χ1n) is 4.07. The number of carbonyl (C=O) groups is 3. The molecule has 1 saturated heterocycles. The van der Waals surface area contributed by atoms with Crippen LogP contribution < -0.4 is 0 Å². The normalized spacial score (nSPS) is 22.3. The van der Waals surface area contributed by atoms with Crippen LogP contribution in [0.3, 0.4) is 0 Å². The van der Waals surface area contributed by atoms with Crippen LogP contribution in [0.2, 0.25) is 0 Å². The molecule has 0 N–H and O–H groups in total. The van der Waals surface area contributed by atoms with Crippen molar-refractivity contribution in [3.05, 3.63) is 0 Å². The van der Waals surface area contributed by atoms with Crippen LogP contribution >= 0.6 is 0 Å². The predicted octanol–water partition coefficient (Wildman–Crippen LogP) is -0.303. The number of rotatable bonds is 2. The van der Waals surface area contributed by atoms with E-state index in [1.54, 1.807) is 6.92 Å². The topological polar surface area (TPSA) is 63.7 Å². The Labute approximate surface area is 75.6 Å². The number of likely N-dealkylation sites (tertiary alicyclic amines) is 1. The zero-order valence-corrected chi connectivity index (χ0v) is 7.57. The van der Waals surface area contributed by atoms with Gasteiger partial charge in [0.25, 0.3) is 5.91 Å². The highest BCUT2D eigenvalue weighted by molar-refractivity contribution is 6.05. The third kappa shape index (κ3) is 1.85. The van der Waals surface area contributed by atoms with E-state index in [9.17, 15) is 14.4 Å². The van der Waals surface area contributed by atoms with Crippen LogP contribution in [0.15, 0.2) is 0 Å². The van der Waals surface area contributed by atoms with Gasteiger partial charge in [0.2, 0.25) is 5.91 Å². The largest absolute Gasteiger partial charge is 0.452 e. The second-order valence-corrected chi connectivity index (χ2v) is 2.78. The molecule has 0 radical (unpaired) electrons. The second-order valence-electron chi connectivity index (χ2n) is 2.78. The summed E-state index contributed by atoms with van der Waals surface area (Å²) in [6.45, 7) is 3.24. The zero-order chi connectivity index (χ0) is 10.0. The number of hydrogen-bond acceptors (Lipinski definition) is 4. The van der Waals surface area contributed by atoms with Gasteiger partial charge in [-0.3, -0.25) is 19.3 Å². The summed E-state index contributed by atoms with van der Waals surface area (Å²) in [5.41, 5.74) is 0. The summed E-state index contributed by atoms with van der Waals surface area (Å²) in [4.78, 5) is 34.1. The van der Waals surface area contributed by atoms with Crippen LogP contribution in [-0.4, -0.2) is 35.3 Å².